The van der Waals surface area contributed by atoms with E-state index in [-0.39, 0.29) is 18.6 Å². The monoisotopic (exact) mass is 252 g/mol. The van der Waals surface area contributed by atoms with Gasteiger partial charge < -0.3 is 20.1 Å². The van der Waals surface area contributed by atoms with E-state index in [1.54, 1.807) is 27.3 Å². The summed E-state index contributed by atoms with van der Waals surface area (Å²) >= 11 is 0. The van der Waals surface area contributed by atoms with Crippen LogP contribution < -0.4 is 15.2 Å². The van der Waals surface area contributed by atoms with E-state index >= 15 is 0 Å². The van der Waals surface area contributed by atoms with Crippen molar-refractivity contribution < 1.29 is 14.3 Å². The van der Waals surface area contributed by atoms with E-state index in [1.165, 1.54) is 4.90 Å². The van der Waals surface area contributed by atoms with Gasteiger partial charge in [-0.1, -0.05) is 6.07 Å². The first kappa shape index (κ1) is 14.3. The molecule has 5 nitrogen and oxygen atoms in total. The van der Waals surface area contributed by atoms with Crippen LogP contribution in [-0.2, 0) is 4.79 Å². The Bertz CT molecular complexity index is 417. The lowest BCUT2D eigenvalue weighted by atomic mass is 10.1. The fourth-order valence-corrected chi connectivity index (χ4v) is 1.36. The summed E-state index contributed by atoms with van der Waals surface area (Å²) in [6, 6.07) is 5.37. The third kappa shape index (κ3) is 3.63. The highest BCUT2D eigenvalue weighted by atomic mass is 16.5. The van der Waals surface area contributed by atoms with E-state index in [9.17, 15) is 4.79 Å². The van der Waals surface area contributed by atoms with Crippen molar-refractivity contribution in [2.24, 2.45) is 5.73 Å². The summed E-state index contributed by atoms with van der Waals surface area (Å²) < 4.78 is 10.7. The summed E-state index contributed by atoms with van der Waals surface area (Å²) in [5.74, 6) is 1.02. The molecule has 18 heavy (non-hydrogen) atoms. The van der Waals surface area contributed by atoms with Gasteiger partial charge in [0.15, 0.2) is 18.1 Å². The van der Waals surface area contributed by atoms with Gasteiger partial charge in [-0.05, 0) is 24.6 Å². The van der Waals surface area contributed by atoms with Crippen LogP contribution in [0.4, 0.5) is 0 Å². The van der Waals surface area contributed by atoms with Crippen molar-refractivity contribution in [3.8, 4) is 11.5 Å². The molecule has 0 radical (unpaired) electrons. The Morgan fingerprint density at radius 1 is 1.39 bits per heavy atom. The molecule has 0 bridgehead atoms. The molecule has 1 aromatic carbocycles. The van der Waals surface area contributed by atoms with Crippen molar-refractivity contribution in [3.63, 3.8) is 0 Å². The lowest BCUT2D eigenvalue weighted by Crippen LogP contribution is -2.27. The minimum Gasteiger partial charge on any atom is -0.493 e. The van der Waals surface area contributed by atoms with Gasteiger partial charge in [0.25, 0.3) is 5.91 Å². The van der Waals surface area contributed by atoms with Crippen molar-refractivity contribution in [3.05, 3.63) is 23.8 Å². The van der Waals surface area contributed by atoms with Crippen molar-refractivity contribution in [2.75, 3.05) is 27.8 Å². The predicted octanol–water partition coefficient (Wildman–Crippen LogP) is 1.18. The predicted molar refractivity (Wildman–Crippen MR) is 69.8 cm³/mol. The number of hydrogen-bond donors (Lipinski definition) is 1. The summed E-state index contributed by atoms with van der Waals surface area (Å²) in [6.45, 7) is 1.88. The van der Waals surface area contributed by atoms with Gasteiger partial charge in [0.05, 0.1) is 7.11 Å². The maximum atomic E-state index is 11.4. The van der Waals surface area contributed by atoms with Crippen LogP contribution in [0.25, 0.3) is 0 Å². The minimum atomic E-state index is -0.103. The van der Waals surface area contributed by atoms with Crippen LogP contribution in [0.1, 0.15) is 18.5 Å². The Morgan fingerprint density at radius 3 is 2.56 bits per heavy atom. The number of methoxy groups -OCH3 is 1. The summed E-state index contributed by atoms with van der Waals surface area (Å²) in [4.78, 5) is 12.9. The highest BCUT2D eigenvalue weighted by molar-refractivity contribution is 5.77. The van der Waals surface area contributed by atoms with Crippen molar-refractivity contribution in [1.29, 1.82) is 0 Å². The lowest BCUT2D eigenvalue weighted by molar-refractivity contribution is -0.130. The number of likely N-dealkylation sites (N-methyl/N-ethyl adjacent to an activating group) is 1. The molecular weight excluding hydrogens is 232 g/mol. The van der Waals surface area contributed by atoms with Gasteiger partial charge in [-0.3, -0.25) is 4.79 Å². The Labute approximate surface area is 107 Å². The molecule has 1 atom stereocenters. The van der Waals surface area contributed by atoms with E-state index in [0.29, 0.717) is 11.5 Å². The molecule has 1 amide bonds. The van der Waals surface area contributed by atoms with E-state index in [1.807, 2.05) is 19.1 Å². The number of hydrogen-bond acceptors (Lipinski definition) is 4. The normalized spacial score (nSPS) is 11.8. The molecule has 0 spiro atoms. The van der Waals surface area contributed by atoms with Gasteiger partial charge in [-0.2, -0.15) is 0 Å². The molecule has 1 rings (SSSR count). The zero-order valence-electron chi connectivity index (χ0n) is 11.3. The molecule has 0 saturated heterocycles. The van der Waals surface area contributed by atoms with Crippen LogP contribution in [-0.4, -0.2) is 38.6 Å². The van der Waals surface area contributed by atoms with E-state index < -0.39 is 0 Å². The van der Waals surface area contributed by atoms with Crippen LogP contribution in [0.3, 0.4) is 0 Å². The van der Waals surface area contributed by atoms with Crippen LogP contribution in [0.15, 0.2) is 18.2 Å². The van der Waals surface area contributed by atoms with E-state index in [2.05, 4.69) is 0 Å². The van der Waals surface area contributed by atoms with Gasteiger partial charge in [0.1, 0.15) is 0 Å². The minimum absolute atomic E-state index is 0.0130. The van der Waals surface area contributed by atoms with Crippen LogP contribution in [0, 0.1) is 0 Å². The number of benzene rings is 1. The average Bonchev–Trinajstić information content (AvgIpc) is 2.35. The first-order valence-corrected chi connectivity index (χ1v) is 5.72. The second kappa shape index (κ2) is 6.26. The molecule has 0 aliphatic rings. The third-order valence-corrected chi connectivity index (χ3v) is 2.56. The fraction of sp³-hybridized carbons (Fsp3) is 0.462. The number of carbonyl (C=O) groups is 1. The quantitative estimate of drug-likeness (QED) is 0.854. The molecule has 0 aromatic heterocycles. The maximum absolute atomic E-state index is 11.4. The smallest absolute Gasteiger partial charge is 0.259 e. The Kier molecular flexibility index (Phi) is 4.97. The molecule has 0 fully saturated rings. The van der Waals surface area contributed by atoms with E-state index in [4.69, 9.17) is 15.2 Å². The summed E-state index contributed by atoms with van der Waals surface area (Å²) in [6.07, 6.45) is 0. The fourth-order valence-electron chi connectivity index (χ4n) is 1.36. The molecule has 2 N–H and O–H groups in total. The molecule has 0 saturated carbocycles. The second-order valence-corrected chi connectivity index (χ2v) is 4.28. The second-order valence-electron chi connectivity index (χ2n) is 4.28. The van der Waals surface area contributed by atoms with Crippen molar-refractivity contribution >= 4 is 5.91 Å². The summed E-state index contributed by atoms with van der Waals surface area (Å²) in [5, 5.41) is 0. The Morgan fingerprint density at radius 2 is 2.06 bits per heavy atom. The molecule has 0 heterocycles. The number of rotatable bonds is 5. The summed E-state index contributed by atoms with van der Waals surface area (Å²) in [5.41, 5.74) is 6.75. The number of nitrogens with zero attached hydrogens (tertiary/aromatic N) is 1. The average molecular weight is 252 g/mol. The van der Waals surface area contributed by atoms with Gasteiger partial charge in [0.2, 0.25) is 0 Å². The first-order valence-electron chi connectivity index (χ1n) is 5.72. The van der Waals surface area contributed by atoms with Gasteiger partial charge in [0, 0.05) is 20.1 Å². The largest absolute Gasteiger partial charge is 0.493 e. The number of amides is 1. The number of nitrogens with two attached hydrogens (primary N) is 1. The molecule has 100 valence electrons. The van der Waals surface area contributed by atoms with E-state index in [0.717, 1.165) is 5.56 Å². The highest BCUT2D eigenvalue weighted by Gasteiger charge is 2.10. The van der Waals surface area contributed by atoms with Gasteiger partial charge in [-0.15, -0.1) is 0 Å². The third-order valence-electron chi connectivity index (χ3n) is 2.56. The number of ether oxygens (including phenoxy) is 2. The molecule has 5 heteroatoms. The zero-order valence-corrected chi connectivity index (χ0v) is 11.3. The van der Waals surface area contributed by atoms with Crippen LogP contribution >= 0.6 is 0 Å². The van der Waals surface area contributed by atoms with Gasteiger partial charge >= 0.3 is 0 Å². The standard InChI is InChI=1S/C13H20N2O3/c1-9(14)10-5-6-11(12(7-10)17-4)18-8-13(16)15(2)3/h5-7,9H,8,14H2,1-4H3. The first-order chi connectivity index (χ1) is 8.45. The Balaban J connectivity index is 2.80. The molecule has 0 aliphatic heterocycles. The van der Waals surface area contributed by atoms with Crippen molar-refractivity contribution in [1.82, 2.24) is 4.90 Å². The topological polar surface area (TPSA) is 64.8 Å². The SMILES string of the molecule is COc1cc(C(C)N)ccc1OCC(=O)N(C)C. The highest BCUT2D eigenvalue weighted by Crippen LogP contribution is 2.29. The van der Waals surface area contributed by atoms with Crippen LogP contribution in [0.2, 0.25) is 0 Å². The van der Waals surface area contributed by atoms with Gasteiger partial charge in [-0.25, -0.2) is 0 Å². The van der Waals surface area contributed by atoms with Crippen LogP contribution in [0.5, 0.6) is 11.5 Å². The lowest BCUT2D eigenvalue weighted by Gasteiger charge is -2.15. The molecule has 1 unspecified atom stereocenters. The molecular formula is C13H20N2O3. The Hall–Kier alpha value is -1.75. The van der Waals surface area contributed by atoms with Crippen molar-refractivity contribution in [2.45, 2.75) is 13.0 Å². The molecule has 0 aliphatic carbocycles. The molecule has 1 aromatic rings. The summed E-state index contributed by atoms with van der Waals surface area (Å²) in [7, 11) is 4.92. The zero-order chi connectivity index (χ0) is 13.7. The maximum Gasteiger partial charge on any atom is 0.259 e. The number of carbonyl (C=O) groups excluding carboxylic acids is 1.